The zero-order chi connectivity index (χ0) is 18.4. The molecule has 5 N–H and O–H groups in total. The van der Waals surface area contributed by atoms with Crippen LogP contribution in [0.3, 0.4) is 0 Å². The Hall–Kier alpha value is -1.67. The van der Waals surface area contributed by atoms with Gasteiger partial charge in [0, 0.05) is 24.5 Å². The third-order valence-corrected chi connectivity index (χ3v) is 4.46. The second-order valence-corrected chi connectivity index (χ2v) is 6.88. The van der Waals surface area contributed by atoms with Gasteiger partial charge in [-0.1, -0.05) is 23.7 Å². The number of hydrogen-bond acceptors (Lipinski definition) is 6. The van der Waals surface area contributed by atoms with Gasteiger partial charge in [-0.25, -0.2) is 5.01 Å². The summed E-state index contributed by atoms with van der Waals surface area (Å²) < 4.78 is 5.16. The fraction of sp³-hybridized carbons (Fsp3) is 0.529. The molecule has 25 heavy (non-hydrogen) atoms. The highest BCUT2D eigenvalue weighted by Gasteiger charge is 2.40. The molecule has 1 aliphatic rings. The van der Waals surface area contributed by atoms with Crippen LogP contribution in [0.4, 0.5) is 0 Å². The number of nitrogens with two attached hydrogens (primary N) is 2. The lowest BCUT2D eigenvalue weighted by Gasteiger charge is -2.19. The van der Waals surface area contributed by atoms with Crippen molar-refractivity contribution in [2.24, 2.45) is 23.3 Å². The Labute approximate surface area is 152 Å². The number of carbonyl (C=O) groups is 2. The number of hydrogen-bond donors (Lipinski definition) is 3. The van der Waals surface area contributed by atoms with E-state index in [9.17, 15) is 9.59 Å². The molecule has 1 amide bonds. The molecule has 0 unspecified atom stereocenters. The summed E-state index contributed by atoms with van der Waals surface area (Å²) in [4.78, 5) is 23.8. The zero-order valence-electron chi connectivity index (χ0n) is 14.3. The third kappa shape index (κ3) is 6.62. The molecule has 0 bridgehead atoms. The third-order valence-electron chi connectivity index (χ3n) is 4.22. The highest BCUT2D eigenvalue weighted by atomic mass is 35.5. The Bertz CT molecular complexity index is 613. The van der Waals surface area contributed by atoms with E-state index in [1.165, 1.54) is 5.01 Å². The van der Waals surface area contributed by atoms with Crippen molar-refractivity contribution in [3.63, 3.8) is 0 Å². The Morgan fingerprint density at radius 2 is 2.24 bits per heavy atom. The highest BCUT2D eigenvalue weighted by molar-refractivity contribution is 6.30. The van der Waals surface area contributed by atoms with Crippen molar-refractivity contribution in [1.29, 1.82) is 0 Å². The van der Waals surface area contributed by atoms with Gasteiger partial charge < -0.3 is 16.2 Å². The minimum absolute atomic E-state index is 0.0591. The molecule has 0 saturated heterocycles. The normalized spacial score (nSPS) is 20.2. The maximum absolute atomic E-state index is 12.0. The number of esters is 1. The number of nitrogens with one attached hydrogen (secondary N) is 1. The molecule has 1 aliphatic carbocycles. The smallest absolute Gasteiger partial charge is 0.322 e. The van der Waals surface area contributed by atoms with E-state index in [1.54, 1.807) is 25.2 Å². The summed E-state index contributed by atoms with van der Waals surface area (Å²) in [5.74, 6) is 0.0866. The average Bonchev–Trinajstić information content (AvgIpc) is 3.32. The first-order valence-electron chi connectivity index (χ1n) is 8.25. The lowest BCUT2D eigenvalue weighted by atomic mass is 10.1. The predicted octanol–water partition coefficient (Wildman–Crippen LogP) is 0.658. The van der Waals surface area contributed by atoms with Gasteiger partial charge in [-0.05, 0) is 42.5 Å². The average molecular weight is 369 g/mol. The molecular formula is C17H25ClN4O3. The second kappa shape index (κ2) is 9.15. The van der Waals surface area contributed by atoms with Crippen molar-refractivity contribution >= 4 is 23.5 Å². The maximum atomic E-state index is 12.0. The molecule has 1 fully saturated rings. The van der Waals surface area contributed by atoms with Crippen LogP contribution in [0.15, 0.2) is 24.3 Å². The van der Waals surface area contributed by atoms with Crippen LogP contribution >= 0.6 is 11.6 Å². The molecule has 0 radical (unpaired) electrons. The van der Waals surface area contributed by atoms with Gasteiger partial charge in [0.05, 0.1) is 0 Å². The van der Waals surface area contributed by atoms with Crippen molar-refractivity contribution in [2.75, 3.05) is 20.1 Å². The number of benzene rings is 1. The molecule has 1 aromatic rings. The van der Waals surface area contributed by atoms with Crippen LogP contribution in [-0.4, -0.2) is 43.1 Å². The number of ether oxygens (including phenoxy) is 1. The van der Waals surface area contributed by atoms with Gasteiger partial charge in [0.15, 0.2) is 0 Å². The summed E-state index contributed by atoms with van der Waals surface area (Å²) in [6.45, 7) is 0.683. The Kier molecular flexibility index (Phi) is 7.19. The van der Waals surface area contributed by atoms with Gasteiger partial charge in [-0.15, -0.1) is 0 Å². The number of hydrazine groups is 1. The van der Waals surface area contributed by atoms with Crippen LogP contribution in [0.25, 0.3) is 0 Å². The van der Waals surface area contributed by atoms with Crippen LogP contribution in [0.1, 0.15) is 18.4 Å². The van der Waals surface area contributed by atoms with E-state index in [0.29, 0.717) is 23.4 Å². The number of halogens is 1. The van der Waals surface area contributed by atoms with E-state index >= 15 is 0 Å². The molecular weight excluding hydrogens is 344 g/mol. The summed E-state index contributed by atoms with van der Waals surface area (Å²) in [6.07, 6.45) is 1.19. The lowest BCUT2D eigenvalue weighted by Crippen LogP contribution is -2.44. The summed E-state index contributed by atoms with van der Waals surface area (Å²) in [7, 11) is 1.60. The van der Waals surface area contributed by atoms with E-state index in [0.717, 1.165) is 12.0 Å². The number of rotatable bonds is 9. The van der Waals surface area contributed by atoms with Crippen LogP contribution in [0.2, 0.25) is 5.02 Å². The minimum atomic E-state index is -0.447. The van der Waals surface area contributed by atoms with Crippen LogP contribution < -0.4 is 16.9 Å². The molecule has 138 valence electrons. The first-order chi connectivity index (χ1) is 11.9. The second-order valence-electron chi connectivity index (χ2n) is 6.44. The van der Waals surface area contributed by atoms with E-state index in [-0.39, 0.29) is 31.5 Å². The van der Waals surface area contributed by atoms with Crippen molar-refractivity contribution in [1.82, 2.24) is 10.4 Å². The first-order valence-corrected chi connectivity index (χ1v) is 8.63. The Morgan fingerprint density at radius 1 is 1.48 bits per heavy atom. The topological polar surface area (TPSA) is 111 Å². The van der Waals surface area contributed by atoms with E-state index in [1.807, 2.05) is 6.07 Å². The molecule has 1 saturated carbocycles. The minimum Gasteiger partial charge on any atom is -0.460 e. The van der Waals surface area contributed by atoms with E-state index in [2.05, 4.69) is 5.43 Å². The number of likely N-dealkylation sites (N-methyl/N-ethyl adjacent to an activating group) is 1. The number of carbonyl (C=O) groups excluding carboxylic acids is 2. The number of amides is 1. The van der Waals surface area contributed by atoms with Crippen molar-refractivity contribution in [2.45, 2.75) is 25.5 Å². The largest absolute Gasteiger partial charge is 0.460 e. The van der Waals surface area contributed by atoms with Crippen molar-refractivity contribution in [3.8, 4) is 0 Å². The Balaban J connectivity index is 1.65. The standard InChI is InChI=1S/C17H25ClN4O3/c1-22(21-16(23)7-15(20)14-6-12(14)8-19)9-17(24)25-10-11-3-2-4-13(18)5-11/h2-5,12,14-15H,6-10,19-20H2,1H3,(H,21,23)/t12-,14-,15+/m0/s1. The van der Waals surface area contributed by atoms with Gasteiger partial charge in [0.2, 0.25) is 5.91 Å². The monoisotopic (exact) mass is 368 g/mol. The van der Waals surface area contributed by atoms with Gasteiger partial charge in [0.1, 0.15) is 13.2 Å². The summed E-state index contributed by atoms with van der Waals surface area (Å²) in [5, 5.41) is 1.98. The first kappa shape index (κ1) is 19.7. The predicted molar refractivity (Wildman–Crippen MR) is 95.3 cm³/mol. The SMILES string of the molecule is CN(CC(=O)OCc1cccc(Cl)c1)NC(=O)C[C@@H](N)[C@H]1C[C@H]1CN. The zero-order valence-corrected chi connectivity index (χ0v) is 15.0. The number of nitrogens with zero attached hydrogens (tertiary/aromatic N) is 1. The van der Waals surface area contributed by atoms with Gasteiger partial charge in [0.25, 0.3) is 0 Å². The Morgan fingerprint density at radius 3 is 2.88 bits per heavy atom. The molecule has 3 atom stereocenters. The molecule has 1 aromatic carbocycles. The summed E-state index contributed by atoms with van der Waals surface area (Å²) >= 11 is 5.87. The van der Waals surface area contributed by atoms with Gasteiger partial charge in [-0.2, -0.15) is 0 Å². The highest BCUT2D eigenvalue weighted by Crippen LogP contribution is 2.40. The van der Waals surface area contributed by atoms with Crippen LogP contribution in [0.5, 0.6) is 0 Å². The van der Waals surface area contributed by atoms with Crippen molar-refractivity contribution in [3.05, 3.63) is 34.9 Å². The maximum Gasteiger partial charge on any atom is 0.322 e. The quantitative estimate of drug-likeness (QED) is 0.436. The molecule has 8 heteroatoms. The van der Waals surface area contributed by atoms with Gasteiger partial charge in [-0.3, -0.25) is 15.0 Å². The summed E-state index contributed by atoms with van der Waals surface area (Å²) in [5.41, 5.74) is 15.0. The molecule has 0 spiro atoms. The van der Waals surface area contributed by atoms with Crippen LogP contribution in [0, 0.1) is 11.8 Å². The molecule has 0 heterocycles. The summed E-state index contributed by atoms with van der Waals surface area (Å²) in [6, 6.07) is 6.89. The lowest BCUT2D eigenvalue weighted by molar-refractivity contribution is -0.147. The molecule has 0 aliphatic heterocycles. The fourth-order valence-corrected chi connectivity index (χ4v) is 2.97. The van der Waals surface area contributed by atoms with Gasteiger partial charge >= 0.3 is 5.97 Å². The fourth-order valence-electron chi connectivity index (χ4n) is 2.76. The molecule has 7 nitrogen and oxygen atoms in total. The molecule has 2 rings (SSSR count). The molecule has 0 aromatic heterocycles. The van der Waals surface area contributed by atoms with Crippen LogP contribution in [-0.2, 0) is 20.9 Å². The van der Waals surface area contributed by atoms with Crippen molar-refractivity contribution < 1.29 is 14.3 Å². The van der Waals surface area contributed by atoms with E-state index < -0.39 is 5.97 Å². The van der Waals surface area contributed by atoms with E-state index in [4.69, 9.17) is 27.8 Å².